The smallest absolute Gasteiger partial charge is 0.325 e. The van der Waals surface area contributed by atoms with E-state index >= 15 is 0 Å². The van der Waals surface area contributed by atoms with Crippen molar-refractivity contribution in [3.63, 3.8) is 0 Å². The van der Waals surface area contributed by atoms with Crippen molar-refractivity contribution < 1.29 is 19.1 Å². The zero-order valence-corrected chi connectivity index (χ0v) is 12.0. The van der Waals surface area contributed by atoms with Gasteiger partial charge in [-0.15, -0.1) is 0 Å². The quantitative estimate of drug-likeness (QED) is 0.678. The molecule has 1 rings (SSSR count). The summed E-state index contributed by atoms with van der Waals surface area (Å²) in [6.45, 7) is 2.78. The Hall–Kier alpha value is -1.88. The Labute approximate surface area is 119 Å². The molecule has 0 aliphatic heterocycles. The van der Waals surface area contributed by atoms with Crippen LogP contribution in [0.3, 0.4) is 0 Å². The Bertz CT molecular complexity index is 419. The van der Waals surface area contributed by atoms with E-state index in [1.165, 1.54) is 12.0 Å². The molecule has 0 aromatic heterocycles. The third kappa shape index (κ3) is 5.84. The van der Waals surface area contributed by atoms with Crippen molar-refractivity contribution in [2.24, 2.45) is 0 Å². The molecule has 0 N–H and O–H groups in total. The van der Waals surface area contributed by atoms with Crippen LogP contribution in [0.2, 0.25) is 0 Å². The standard InChI is InChI=1S/C15H21NO4/c1-3-9-16(10-15(18)19-2)14(17)12-20-11-13-7-5-4-6-8-13/h4-8H,3,9-12H2,1-2H3. The highest BCUT2D eigenvalue weighted by molar-refractivity contribution is 5.82. The lowest BCUT2D eigenvalue weighted by Crippen LogP contribution is -2.39. The van der Waals surface area contributed by atoms with Crippen molar-refractivity contribution >= 4 is 11.9 Å². The summed E-state index contributed by atoms with van der Waals surface area (Å²) in [4.78, 5) is 24.7. The average molecular weight is 279 g/mol. The number of carbonyl (C=O) groups excluding carboxylic acids is 2. The summed E-state index contributed by atoms with van der Waals surface area (Å²) in [7, 11) is 1.31. The van der Waals surface area contributed by atoms with E-state index in [1.54, 1.807) is 0 Å². The van der Waals surface area contributed by atoms with Gasteiger partial charge in [0, 0.05) is 6.54 Å². The van der Waals surface area contributed by atoms with E-state index in [1.807, 2.05) is 37.3 Å². The molecular formula is C15H21NO4. The van der Waals surface area contributed by atoms with Crippen LogP contribution in [0.1, 0.15) is 18.9 Å². The molecule has 0 spiro atoms. The molecule has 1 aromatic carbocycles. The van der Waals surface area contributed by atoms with E-state index in [0.717, 1.165) is 12.0 Å². The highest BCUT2D eigenvalue weighted by atomic mass is 16.5. The lowest BCUT2D eigenvalue weighted by atomic mass is 10.2. The van der Waals surface area contributed by atoms with Crippen LogP contribution in [-0.2, 0) is 25.7 Å². The van der Waals surface area contributed by atoms with E-state index in [4.69, 9.17) is 4.74 Å². The third-order valence-corrected chi connectivity index (χ3v) is 2.73. The largest absolute Gasteiger partial charge is 0.468 e. The summed E-state index contributed by atoms with van der Waals surface area (Å²) in [6, 6.07) is 9.63. The molecule has 0 aliphatic carbocycles. The second-order valence-corrected chi connectivity index (χ2v) is 4.37. The van der Waals surface area contributed by atoms with Crippen molar-refractivity contribution in [1.29, 1.82) is 0 Å². The van der Waals surface area contributed by atoms with Crippen LogP contribution in [0.5, 0.6) is 0 Å². The van der Waals surface area contributed by atoms with Crippen LogP contribution in [0.4, 0.5) is 0 Å². The second-order valence-electron chi connectivity index (χ2n) is 4.37. The summed E-state index contributed by atoms with van der Waals surface area (Å²) >= 11 is 0. The van der Waals surface area contributed by atoms with Crippen LogP contribution in [0, 0.1) is 0 Å². The summed E-state index contributed by atoms with van der Waals surface area (Å²) in [5.74, 6) is -0.622. The van der Waals surface area contributed by atoms with Gasteiger partial charge in [-0.1, -0.05) is 37.3 Å². The minimum atomic E-state index is -0.421. The molecule has 0 saturated heterocycles. The molecular weight excluding hydrogens is 258 g/mol. The van der Waals surface area contributed by atoms with Crippen molar-refractivity contribution in [2.45, 2.75) is 20.0 Å². The first-order valence-corrected chi connectivity index (χ1v) is 6.63. The minimum absolute atomic E-state index is 0.0299. The summed E-state index contributed by atoms with van der Waals surface area (Å²) in [5, 5.41) is 0. The molecule has 5 nitrogen and oxygen atoms in total. The maximum atomic E-state index is 12.0. The monoisotopic (exact) mass is 279 g/mol. The second kappa shape index (κ2) is 9.09. The SMILES string of the molecule is CCCN(CC(=O)OC)C(=O)COCc1ccccc1. The number of carbonyl (C=O) groups is 2. The Morgan fingerprint density at radius 2 is 1.90 bits per heavy atom. The van der Waals surface area contributed by atoms with Crippen molar-refractivity contribution in [3.05, 3.63) is 35.9 Å². The zero-order valence-electron chi connectivity index (χ0n) is 12.0. The predicted molar refractivity (Wildman–Crippen MR) is 75.0 cm³/mol. The van der Waals surface area contributed by atoms with E-state index in [2.05, 4.69) is 4.74 Å². The Morgan fingerprint density at radius 3 is 2.50 bits per heavy atom. The van der Waals surface area contributed by atoms with Crippen LogP contribution in [0.15, 0.2) is 30.3 Å². The first kappa shape index (κ1) is 16.2. The van der Waals surface area contributed by atoms with Crippen LogP contribution < -0.4 is 0 Å². The number of methoxy groups -OCH3 is 1. The molecule has 5 heteroatoms. The third-order valence-electron chi connectivity index (χ3n) is 2.73. The fourth-order valence-corrected chi connectivity index (χ4v) is 1.70. The fraction of sp³-hybridized carbons (Fsp3) is 0.467. The fourth-order valence-electron chi connectivity index (χ4n) is 1.70. The number of benzene rings is 1. The van der Waals surface area contributed by atoms with Crippen LogP contribution in [-0.4, -0.2) is 43.6 Å². The Balaban J connectivity index is 2.39. The molecule has 0 atom stereocenters. The average Bonchev–Trinajstić information content (AvgIpc) is 2.47. The van der Waals surface area contributed by atoms with Crippen molar-refractivity contribution in [2.75, 3.05) is 26.8 Å². The summed E-state index contributed by atoms with van der Waals surface area (Å²) < 4.78 is 9.96. The van der Waals surface area contributed by atoms with E-state index in [9.17, 15) is 9.59 Å². The van der Waals surface area contributed by atoms with Gasteiger partial charge in [0.05, 0.1) is 13.7 Å². The van der Waals surface area contributed by atoms with E-state index in [-0.39, 0.29) is 19.1 Å². The van der Waals surface area contributed by atoms with E-state index < -0.39 is 5.97 Å². The first-order chi connectivity index (χ1) is 9.67. The molecule has 0 saturated carbocycles. The number of rotatable bonds is 8. The molecule has 110 valence electrons. The molecule has 1 aromatic rings. The zero-order chi connectivity index (χ0) is 14.8. The molecule has 0 heterocycles. The number of nitrogens with zero attached hydrogens (tertiary/aromatic N) is 1. The maximum Gasteiger partial charge on any atom is 0.325 e. The van der Waals surface area contributed by atoms with Crippen LogP contribution in [0.25, 0.3) is 0 Å². The maximum absolute atomic E-state index is 12.0. The van der Waals surface area contributed by atoms with Crippen molar-refractivity contribution in [3.8, 4) is 0 Å². The molecule has 0 fully saturated rings. The van der Waals surface area contributed by atoms with Gasteiger partial charge in [-0.2, -0.15) is 0 Å². The van der Waals surface area contributed by atoms with Crippen molar-refractivity contribution in [1.82, 2.24) is 4.90 Å². The van der Waals surface area contributed by atoms with Gasteiger partial charge in [-0.05, 0) is 12.0 Å². The van der Waals surface area contributed by atoms with Gasteiger partial charge >= 0.3 is 5.97 Å². The lowest BCUT2D eigenvalue weighted by molar-refractivity contribution is -0.148. The molecule has 1 amide bonds. The van der Waals surface area contributed by atoms with Gasteiger partial charge in [0.1, 0.15) is 13.2 Å². The van der Waals surface area contributed by atoms with Gasteiger partial charge in [0.2, 0.25) is 5.91 Å². The first-order valence-electron chi connectivity index (χ1n) is 6.63. The topological polar surface area (TPSA) is 55.8 Å². The summed E-state index contributed by atoms with van der Waals surface area (Å²) in [5.41, 5.74) is 1.01. The number of esters is 1. The van der Waals surface area contributed by atoms with Crippen LogP contribution >= 0.6 is 0 Å². The number of amides is 1. The highest BCUT2D eigenvalue weighted by Crippen LogP contribution is 2.01. The highest BCUT2D eigenvalue weighted by Gasteiger charge is 2.16. The Kier molecular flexibility index (Phi) is 7.35. The summed E-state index contributed by atoms with van der Waals surface area (Å²) in [6.07, 6.45) is 0.779. The van der Waals surface area contributed by atoms with Gasteiger partial charge < -0.3 is 14.4 Å². The number of hydrogen-bond donors (Lipinski definition) is 0. The predicted octanol–water partition coefficient (Wildman–Crippen LogP) is 1.61. The lowest BCUT2D eigenvalue weighted by Gasteiger charge is -2.20. The Morgan fingerprint density at radius 1 is 1.20 bits per heavy atom. The number of ether oxygens (including phenoxy) is 2. The van der Waals surface area contributed by atoms with Gasteiger partial charge in [0.25, 0.3) is 0 Å². The minimum Gasteiger partial charge on any atom is -0.468 e. The van der Waals surface area contributed by atoms with E-state index in [0.29, 0.717) is 13.2 Å². The number of hydrogen-bond acceptors (Lipinski definition) is 4. The molecule has 0 unspecified atom stereocenters. The molecule has 0 bridgehead atoms. The van der Waals surface area contributed by atoms with Gasteiger partial charge in [0.15, 0.2) is 0 Å². The normalized spacial score (nSPS) is 10.1. The van der Waals surface area contributed by atoms with Gasteiger partial charge in [-0.25, -0.2) is 0 Å². The molecule has 20 heavy (non-hydrogen) atoms. The molecule has 0 radical (unpaired) electrons. The molecule has 0 aliphatic rings. The van der Waals surface area contributed by atoms with Gasteiger partial charge in [-0.3, -0.25) is 9.59 Å².